The van der Waals surface area contributed by atoms with Gasteiger partial charge in [-0.3, -0.25) is 4.79 Å². The number of rotatable bonds is 8. The van der Waals surface area contributed by atoms with Gasteiger partial charge in [-0.15, -0.1) is 10.2 Å². The minimum absolute atomic E-state index is 0.0830. The SMILES string of the molecule is CCn1c(Cc2ccccc2)nnc1SC(C(=O)Nc1ccc(C)cc1)c1ccccc1. The molecule has 1 N–H and O–H groups in total. The molecule has 6 heteroatoms. The maximum atomic E-state index is 13.3. The third kappa shape index (κ3) is 5.26. The number of aromatic nitrogens is 3. The second-order valence-electron chi connectivity index (χ2n) is 7.57. The standard InChI is InChI=1S/C26H26N4OS/c1-3-30-23(18-20-10-6-4-7-11-20)28-29-26(30)32-24(21-12-8-5-9-13-21)25(31)27-22-16-14-19(2)15-17-22/h4-17,24H,3,18H2,1-2H3,(H,27,31). The van der Waals surface area contributed by atoms with Gasteiger partial charge < -0.3 is 9.88 Å². The Kier molecular flexibility index (Phi) is 7.02. The van der Waals surface area contributed by atoms with Crippen molar-refractivity contribution < 1.29 is 4.79 Å². The van der Waals surface area contributed by atoms with Gasteiger partial charge in [0.2, 0.25) is 5.91 Å². The van der Waals surface area contributed by atoms with Gasteiger partial charge in [0.25, 0.3) is 0 Å². The van der Waals surface area contributed by atoms with Crippen LogP contribution in [0.25, 0.3) is 0 Å². The summed E-state index contributed by atoms with van der Waals surface area (Å²) < 4.78 is 2.09. The average molecular weight is 443 g/mol. The van der Waals surface area contributed by atoms with Crippen LogP contribution in [-0.4, -0.2) is 20.7 Å². The van der Waals surface area contributed by atoms with Gasteiger partial charge in [0.15, 0.2) is 5.16 Å². The van der Waals surface area contributed by atoms with Crippen LogP contribution < -0.4 is 5.32 Å². The lowest BCUT2D eigenvalue weighted by Gasteiger charge is -2.17. The molecule has 0 aliphatic carbocycles. The van der Waals surface area contributed by atoms with Crippen molar-refractivity contribution in [3.8, 4) is 0 Å². The zero-order chi connectivity index (χ0) is 22.3. The molecule has 1 heterocycles. The number of nitrogens with one attached hydrogen (secondary N) is 1. The number of benzene rings is 3. The van der Waals surface area contributed by atoms with Gasteiger partial charge in [-0.05, 0) is 37.1 Å². The van der Waals surface area contributed by atoms with E-state index >= 15 is 0 Å². The van der Waals surface area contributed by atoms with E-state index in [1.165, 1.54) is 17.3 Å². The summed E-state index contributed by atoms with van der Waals surface area (Å²) in [5, 5.41) is 12.2. The van der Waals surface area contributed by atoms with Crippen molar-refractivity contribution in [3.05, 3.63) is 107 Å². The maximum absolute atomic E-state index is 13.3. The Morgan fingerprint density at radius 3 is 2.25 bits per heavy atom. The lowest BCUT2D eigenvalue weighted by atomic mass is 10.1. The predicted octanol–water partition coefficient (Wildman–Crippen LogP) is 5.67. The molecule has 162 valence electrons. The molecular formula is C26H26N4OS. The van der Waals surface area contributed by atoms with Crippen LogP contribution in [0.15, 0.2) is 90.1 Å². The third-order valence-corrected chi connectivity index (χ3v) is 6.43. The second-order valence-corrected chi connectivity index (χ2v) is 8.64. The summed E-state index contributed by atoms with van der Waals surface area (Å²) in [6, 6.07) is 27.9. The van der Waals surface area contributed by atoms with Gasteiger partial charge in [0.1, 0.15) is 11.1 Å². The Morgan fingerprint density at radius 1 is 0.938 bits per heavy atom. The summed E-state index contributed by atoms with van der Waals surface area (Å²) in [4.78, 5) is 13.3. The number of carbonyl (C=O) groups excluding carboxylic acids is 1. The van der Waals surface area contributed by atoms with Crippen LogP contribution in [0.2, 0.25) is 0 Å². The van der Waals surface area contributed by atoms with Crippen LogP contribution in [0.1, 0.15) is 34.7 Å². The Balaban J connectivity index is 1.60. The lowest BCUT2D eigenvalue weighted by Crippen LogP contribution is -2.19. The highest BCUT2D eigenvalue weighted by atomic mass is 32.2. The summed E-state index contributed by atoms with van der Waals surface area (Å²) in [7, 11) is 0. The van der Waals surface area contributed by atoms with Crippen LogP contribution in [0.4, 0.5) is 5.69 Å². The van der Waals surface area contributed by atoms with Gasteiger partial charge in [-0.1, -0.05) is 90.1 Å². The first-order chi connectivity index (χ1) is 15.6. The molecule has 0 saturated heterocycles. The topological polar surface area (TPSA) is 59.8 Å². The average Bonchev–Trinajstić information content (AvgIpc) is 3.21. The number of amides is 1. The number of anilines is 1. The number of nitrogens with zero attached hydrogens (tertiary/aromatic N) is 3. The van der Waals surface area contributed by atoms with Crippen LogP contribution in [0, 0.1) is 6.92 Å². The molecule has 0 saturated carbocycles. The molecule has 0 fully saturated rings. The fraction of sp³-hybridized carbons (Fsp3) is 0.192. The van der Waals surface area contributed by atoms with E-state index in [0.29, 0.717) is 6.42 Å². The van der Waals surface area contributed by atoms with E-state index in [2.05, 4.69) is 39.1 Å². The number of thioether (sulfide) groups is 1. The molecule has 32 heavy (non-hydrogen) atoms. The zero-order valence-electron chi connectivity index (χ0n) is 18.2. The van der Waals surface area contributed by atoms with Gasteiger partial charge in [-0.25, -0.2) is 0 Å². The first-order valence-electron chi connectivity index (χ1n) is 10.7. The molecule has 4 aromatic rings. The molecule has 0 aliphatic heterocycles. The summed E-state index contributed by atoms with van der Waals surface area (Å²) in [6.45, 7) is 4.84. The molecule has 0 aliphatic rings. The Hall–Kier alpha value is -3.38. The lowest BCUT2D eigenvalue weighted by molar-refractivity contribution is -0.115. The van der Waals surface area contributed by atoms with Crippen molar-refractivity contribution in [3.63, 3.8) is 0 Å². The molecule has 0 radical (unpaired) electrons. The van der Waals surface area contributed by atoms with Crippen LogP contribution in [0.3, 0.4) is 0 Å². The van der Waals surface area contributed by atoms with Gasteiger partial charge in [-0.2, -0.15) is 0 Å². The monoisotopic (exact) mass is 442 g/mol. The normalized spacial score (nSPS) is 11.8. The maximum Gasteiger partial charge on any atom is 0.242 e. The van der Waals surface area contributed by atoms with E-state index in [4.69, 9.17) is 0 Å². The number of carbonyl (C=O) groups is 1. The van der Waals surface area contributed by atoms with Gasteiger partial charge in [0.05, 0.1) is 0 Å². The smallest absolute Gasteiger partial charge is 0.242 e. The van der Waals surface area contributed by atoms with Crippen molar-refractivity contribution in [2.45, 2.75) is 37.2 Å². The molecule has 0 bridgehead atoms. The highest BCUT2D eigenvalue weighted by molar-refractivity contribution is 8.00. The zero-order valence-corrected chi connectivity index (χ0v) is 19.0. The Labute approximate surface area is 192 Å². The quantitative estimate of drug-likeness (QED) is 0.357. The molecule has 0 spiro atoms. The van der Waals surface area contributed by atoms with Crippen molar-refractivity contribution in [2.24, 2.45) is 0 Å². The van der Waals surface area contributed by atoms with Crippen LogP contribution in [-0.2, 0) is 17.8 Å². The fourth-order valence-corrected chi connectivity index (χ4v) is 4.60. The summed E-state index contributed by atoms with van der Waals surface area (Å²) in [6.07, 6.45) is 0.702. The van der Waals surface area contributed by atoms with E-state index in [1.807, 2.05) is 79.7 Å². The van der Waals surface area contributed by atoms with Crippen molar-refractivity contribution in [2.75, 3.05) is 5.32 Å². The number of aryl methyl sites for hydroxylation is 1. The van der Waals surface area contributed by atoms with Crippen molar-refractivity contribution in [1.29, 1.82) is 0 Å². The summed E-state index contributed by atoms with van der Waals surface area (Å²) in [5.41, 5.74) is 4.04. The first-order valence-corrected chi connectivity index (χ1v) is 11.6. The summed E-state index contributed by atoms with van der Waals surface area (Å²) in [5.74, 6) is 0.812. The summed E-state index contributed by atoms with van der Waals surface area (Å²) >= 11 is 1.43. The molecule has 1 atom stereocenters. The second kappa shape index (κ2) is 10.3. The Morgan fingerprint density at radius 2 is 1.59 bits per heavy atom. The first kappa shape index (κ1) is 21.8. The van der Waals surface area contributed by atoms with E-state index in [0.717, 1.165) is 34.3 Å². The molecule has 5 nitrogen and oxygen atoms in total. The number of hydrogen-bond acceptors (Lipinski definition) is 4. The van der Waals surface area contributed by atoms with Crippen LogP contribution >= 0.6 is 11.8 Å². The van der Waals surface area contributed by atoms with E-state index in [9.17, 15) is 4.79 Å². The predicted molar refractivity (Wildman–Crippen MR) is 130 cm³/mol. The van der Waals surface area contributed by atoms with Gasteiger partial charge in [0, 0.05) is 18.7 Å². The van der Waals surface area contributed by atoms with Crippen molar-refractivity contribution >= 4 is 23.4 Å². The molecule has 3 aromatic carbocycles. The minimum atomic E-state index is -0.448. The van der Waals surface area contributed by atoms with Crippen LogP contribution in [0.5, 0.6) is 0 Å². The van der Waals surface area contributed by atoms with E-state index in [-0.39, 0.29) is 5.91 Å². The van der Waals surface area contributed by atoms with Gasteiger partial charge >= 0.3 is 0 Å². The van der Waals surface area contributed by atoms with E-state index in [1.54, 1.807) is 0 Å². The molecular weight excluding hydrogens is 416 g/mol. The van der Waals surface area contributed by atoms with E-state index < -0.39 is 5.25 Å². The minimum Gasteiger partial charge on any atom is -0.325 e. The molecule has 1 unspecified atom stereocenters. The molecule has 4 rings (SSSR count). The fourth-order valence-electron chi connectivity index (χ4n) is 3.48. The highest BCUT2D eigenvalue weighted by Crippen LogP contribution is 2.36. The molecule has 1 amide bonds. The highest BCUT2D eigenvalue weighted by Gasteiger charge is 2.25. The molecule has 1 aromatic heterocycles. The third-order valence-electron chi connectivity index (χ3n) is 5.20. The Bertz CT molecular complexity index is 1160. The largest absolute Gasteiger partial charge is 0.325 e. The van der Waals surface area contributed by atoms with Crippen molar-refractivity contribution in [1.82, 2.24) is 14.8 Å². The number of hydrogen-bond donors (Lipinski definition) is 1.